The summed E-state index contributed by atoms with van der Waals surface area (Å²) in [5.74, 6) is 0.00829. The van der Waals surface area contributed by atoms with Crippen LogP contribution < -0.4 is 0 Å². The third kappa shape index (κ3) is 3.67. The standard InChI is InChI=1S/C12H12NO3.Re/c14-11-4-2-1-3-10(11)5-6-12(15)13-7-8-16-9-13;/h1-6,9,14H,7-8H2;/q-1;/b6-5-;. The van der Waals surface area contributed by atoms with Gasteiger partial charge in [0.1, 0.15) is 5.75 Å². The fraction of sp³-hybridized carbons (Fsp3) is 0.167. The Morgan fingerprint density at radius 3 is 2.88 bits per heavy atom. The SMILES string of the molecule is O=C(/C=C\c1ccccc1O)N1[CH-]OCC1.[Re]. The van der Waals surface area contributed by atoms with Crippen LogP contribution in [0.15, 0.2) is 30.3 Å². The summed E-state index contributed by atoms with van der Waals surface area (Å²) >= 11 is 0. The first-order valence-corrected chi connectivity index (χ1v) is 4.99. The smallest absolute Gasteiger partial charge is 0.219 e. The van der Waals surface area contributed by atoms with Crippen molar-refractivity contribution in [1.82, 2.24) is 4.90 Å². The van der Waals surface area contributed by atoms with Gasteiger partial charge in [-0.15, -0.1) is 6.73 Å². The zero-order valence-electron chi connectivity index (χ0n) is 9.04. The minimum atomic E-state index is -0.152. The molecule has 0 bridgehead atoms. The number of carbonyl (C=O) groups is 1. The van der Waals surface area contributed by atoms with Crippen molar-refractivity contribution in [3.8, 4) is 5.75 Å². The number of ether oxygens (including phenoxy) is 1. The summed E-state index contributed by atoms with van der Waals surface area (Å²) in [5, 5.41) is 9.48. The van der Waals surface area contributed by atoms with E-state index >= 15 is 0 Å². The van der Waals surface area contributed by atoms with Gasteiger partial charge >= 0.3 is 0 Å². The molecule has 0 saturated carbocycles. The van der Waals surface area contributed by atoms with E-state index in [4.69, 9.17) is 4.74 Å². The molecule has 0 spiro atoms. The Kier molecular flexibility index (Phi) is 5.37. The zero-order valence-corrected chi connectivity index (χ0v) is 11.8. The van der Waals surface area contributed by atoms with E-state index in [0.717, 1.165) is 0 Å². The minimum Gasteiger partial charge on any atom is -0.530 e. The largest absolute Gasteiger partial charge is 0.530 e. The van der Waals surface area contributed by atoms with Crippen LogP contribution in [0.5, 0.6) is 5.75 Å². The fourth-order valence-electron chi connectivity index (χ4n) is 1.39. The Hall–Kier alpha value is -1.15. The van der Waals surface area contributed by atoms with Gasteiger partial charge in [0.15, 0.2) is 0 Å². The summed E-state index contributed by atoms with van der Waals surface area (Å²) in [7, 11) is 0. The Morgan fingerprint density at radius 2 is 2.24 bits per heavy atom. The molecule has 0 aliphatic carbocycles. The molecular formula is C12H12NO3Re-. The number of para-hydroxylation sites is 1. The third-order valence-electron chi connectivity index (χ3n) is 2.28. The zero-order chi connectivity index (χ0) is 11.4. The molecule has 1 aromatic rings. The Bertz CT molecular complexity index is 414. The molecule has 5 heteroatoms. The van der Waals surface area contributed by atoms with Crippen molar-refractivity contribution in [2.45, 2.75) is 0 Å². The van der Waals surface area contributed by atoms with Crippen LogP contribution >= 0.6 is 0 Å². The molecule has 1 amide bonds. The molecule has 1 aliphatic rings. The third-order valence-corrected chi connectivity index (χ3v) is 2.28. The van der Waals surface area contributed by atoms with Gasteiger partial charge in [0.2, 0.25) is 5.91 Å². The molecule has 1 aromatic carbocycles. The molecule has 0 unspecified atom stereocenters. The van der Waals surface area contributed by atoms with Crippen molar-refractivity contribution >= 4 is 12.0 Å². The van der Waals surface area contributed by atoms with Gasteiger partial charge in [0.05, 0.1) is 0 Å². The van der Waals surface area contributed by atoms with Gasteiger partial charge in [-0.05, 0) is 12.1 Å². The summed E-state index contributed by atoms with van der Waals surface area (Å²) < 4.78 is 4.95. The van der Waals surface area contributed by atoms with Gasteiger partial charge in [0, 0.05) is 45.2 Å². The number of phenolic OH excluding ortho intramolecular Hbond substituents is 1. The van der Waals surface area contributed by atoms with E-state index in [1.54, 1.807) is 30.3 Å². The van der Waals surface area contributed by atoms with Gasteiger partial charge in [-0.2, -0.15) is 0 Å². The average Bonchev–Trinajstić information content (AvgIpc) is 2.81. The average molecular weight is 404 g/mol. The van der Waals surface area contributed by atoms with Crippen LogP contribution in [0.1, 0.15) is 5.56 Å². The quantitative estimate of drug-likeness (QED) is 0.599. The molecule has 1 N–H and O–H groups in total. The van der Waals surface area contributed by atoms with E-state index < -0.39 is 0 Å². The molecule has 91 valence electrons. The fourth-order valence-corrected chi connectivity index (χ4v) is 1.39. The van der Waals surface area contributed by atoms with Crippen LogP contribution in [0.4, 0.5) is 0 Å². The van der Waals surface area contributed by atoms with Gasteiger partial charge in [-0.3, -0.25) is 4.79 Å². The maximum Gasteiger partial charge on any atom is 0.219 e. The van der Waals surface area contributed by atoms with Crippen LogP contribution in [-0.4, -0.2) is 29.1 Å². The number of hydrogen-bond acceptors (Lipinski definition) is 3. The topological polar surface area (TPSA) is 49.8 Å². The molecule has 1 radical (unpaired) electrons. The van der Waals surface area contributed by atoms with Crippen LogP contribution in [0.3, 0.4) is 0 Å². The second kappa shape index (κ2) is 6.55. The predicted molar refractivity (Wildman–Crippen MR) is 59.1 cm³/mol. The summed E-state index contributed by atoms with van der Waals surface area (Å²) in [4.78, 5) is 13.1. The second-order valence-corrected chi connectivity index (χ2v) is 3.40. The molecule has 0 aromatic heterocycles. The number of phenols is 1. The second-order valence-electron chi connectivity index (χ2n) is 3.40. The van der Waals surface area contributed by atoms with Gasteiger partial charge < -0.3 is 14.7 Å². The van der Waals surface area contributed by atoms with Crippen molar-refractivity contribution in [3.05, 3.63) is 42.6 Å². The van der Waals surface area contributed by atoms with E-state index in [9.17, 15) is 9.90 Å². The van der Waals surface area contributed by atoms with Crippen molar-refractivity contribution in [1.29, 1.82) is 0 Å². The van der Waals surface area contributed by atoms with Crippen LogP contribution in [0, 0.1) is 6.73 Å². The van der Waals surface area contributed by atoms with Gasteiger partial charge in [-0.25, -0.2) is 0 Å². The van der Waals surface area contributed by atoms with Crippen LogP contribution in [-0.2, 0) is 30.0 Å². The van der Waals surface area contributed by atoms with Crippen LogP contribution in [0.2, 0.25) is 0 Å². The number of aromatic hydroxyl groups is 1. The summed E-state index contributed by atoms with van der Waals surface area (Å²) in [5.41, 5.74) is 0.621. The Morgan fingerprint density at radius 1 is 1.47 bits per heavy atom. The molecule has 17 heavy (non-hydrogen) atoms. The van der Waals surface area contributed by atoms with Crippen molar-refractivity contribution < 1.29 is 35.1 Å². The minimum absolute atomic E-state index is 0. The van der Waals surface area contributed by atoms with E-state index in [-0.39, 0.29) is 32.1 Å². The van der Waals surface area contributed by atoms with Gasteiger partial charge in [-0.1, -0.05) is 18.2 Å². The molecule has 1 saturated heterocycles. The maximum atomic E-state index is 11.6. The monoisotopic (exact) mass is 405 g/mol. The molecular weight excluding hydrogens is 392 g/mol. The number of rotatable bonds is 2. The molecule has 0 atom stereocenters. The molecule has 4 nitrogen and oxygen atoms in total. The summed E-state index contributed by atoms with van der Waals surface area (Å²) in [6, 6.07) is 6.85. The first-order chi connectivity index (χ1) is 7.77. The van der Waals surface area contributed by atoms with E-state index in [0.29, 0.717) is 18.7 Å². The number of nitrogens with zero attached hydrogens (tertiary/aromatic N) is 1. The first-order valence-electron chi connectivity index (χ1n) is 4.99. The summed E-state index contributed by atoms with van der Waals surface area (Å²) in [6.45, 7) is 2.53. The Balaban J connectivity index is 0.00000144. The maximum absolute atomic E-state index is 11.6. The van der Waals surface area contributed by atoms with E-state index in [2.05, 4.69) is 0 Å². The number of benzene rings is 1. The Labute approximate surface area is 114 Å². The normalized spacial score (nSPS) is 14.9. The van der Waals surface area contributed by atoms with Crippen LogP contribution in [0.25, 0.3) is 6.08 Å². The number of carbonyl (C=O) groups excluding carboxylic acids is 1. The van der Waals surface area contributed by atoms with Crippen molar-refractivity contribution in [3.63, 3.8) is 0 Å². The predicted octanol–water partition coefficient (Wildman–Crippen LogP) is 1.38. The summed E-state index contributed by atoms with van der Waals surface area (Å²) in [6.07, 6.45) is 3.00. The van der Waals surface area contributed by atoms with E-state index in [1.807, 2.05) is 0 Å². The van der Waals surface area contributed by atoms with Crippen molar-refractivity contribution in [2.75, 3.05) is 13.2 Å². The van der Waals surface area contributed by atoms with Crippen molar-refractivity contribution in [2.24, 2.45) is 0 Å². The van der Waals surface area contributed by atoms with Gasteiger partial charge in [0.25, 0.3) is 0 Å². The molecule has 1 fully saturated rings. The number of hydrogen-bond donors (Lipinski definition) is 1. The molecule has 1 aliphatic heterocycles. The number of amides is 1. The molecule has 2 rings (SSSR count). The van der Waals surface area contributed by atoms with E-state index in [1.165, 1.54) is 17.7 Å². The molecule has 1 heterocycles. The first kappa shape index (κ1) is 13.9.